The van der Waals surface area contributed by atoms with Crippen molar-refractivity contribution in [2.24, 2.45) is 5.92 Å². The highest BCUT2D eigenvalue weighted by Gasteiger charge is 2.24. The van der Waals surface area contributed by atoms with Crippen molar-refractivity contribution < 1.29 is 0 Å². The van der Waals surface area contributed by atoms with E-state index in [0.717, 1.165) is 30.1 Å². The maximum atomic E-state index is 6.02. The molecule has 1 fully saturated rings. The average Bonchev–Trinajstić information content (AvgIpc) is 3.21. The van der Waals surface area contributed by atoms with E-state index in [9.17, 15) is 0 Å². The SMILES string of the molecule is CCN(CC1CC1)c1ccc(N)c2cnccc12. The van der Waals surface area contributed by atoms with E-state index < -0.39 is 0 Å². The van der Waals surface area contributed by atoms with Crippen LogP contribution in [0.5, 0.6) is 0 Å². The fourth-order valence-corrected chi connectivity index (χ4v) is 2.48. The summed E-state index contributed by atoms with van der Waals surface area (Å²) >= 11 is 0. The molecule has 0 radical (unpaired) electrons. The van der Waals surface area contributed by atoms with Crippen molar-refractivity contribution in [3.05, 3.63) is 30.6 Å². The van der Waals surface area contributed by atoms with Gasteiger partial charge in [-0.2, -0.15) is 0 Å². The van der Waals surface area contributed by atoms with Gasteiger partial charge < -0.3 is 10.6 Å². The number of pyridine rings is 1. The van der Waals surface area contributed by atoms with E-state index in [-0.39, 0.29) is 0 Å². The second-order valence-corrected chi connectivity index (χ2v) is 5.08. The minimum atomic E-state index is 0.810. The van der Waals surface area contributed by atoms with E-state index in [1.54, 1.807) is 0 Å². The predicted octanol–water partition coefficient (Wildman–Crippen LogP) is 3.05. The van der Waals surface area contributed by atoms with Crippen molar-refractivity contribution in [1.29, 1.82) is 0 Å². The third kappa shape index (κ3) is 2.01. The highest BCUT2D eigenvalue weighted by molar-refractivity contribution is 6.00. The van der Waals surface area contributed by atoms with Crippen molar-refractivity contribution in [1.82, 2.24) is 4.98 Å². The Labute approximate surface area is 108 Å². The summed E-state index contributed by atoms with van der Waals surface area (Å²) in [6.07, 6.45) is 6.46. The highest BCUT2D eigenvalue weighted by atomic mass is 15.1. The first kappa shape index (κ1) is 11.3. The molecule has 0 bridgehead atoms. The molecule has 1 heterocycles. The van der Waals surface area contributed by atoms with E-state index in [0.29, 0.717) is 0 Å². The lowest BCUT2D eigenvalue weighted by atomic mass is 10.1. The number of nitrogens with two attached hydrogens (primary N) is 1. The lowest BCUT2D eigenvalue weighted by molar-refractivity contribution is 0.744. The van der Waals surface area contributed by atoms with Gasteiger partial charge in [-0.3, -0.25) is 4.98 Å². The van der Waals surface area contributed by atoms with Gasteiger partial charge in [-0.25, -0.2) is 0 Å². The van der Waals surface area contributed by atoms with Gasteiger partial charge in [0.25, 0.3) is 0 Å². The van der Waals surface area contributed by atoms with E-state index in [1.807, 2.05) is 18.5 Å². The maximum Gasteiger partial charge on any atom is 0.0448 e. The van der Waals surface area contributed by atoms with Gasteiger partial charge in [-0.05, 0) is 43.9 Å². The standard InChI is InChI=1S/C15H19N3/c1-2-18(10-11-3-4-11)15-6-5-14(16)13-9-17-8-7-12(13)15/h5-9,11H,2-4,10,16H2,1H3. The summed E-state index contributed by atoms with van der Waals surface area (Å²) in [5, 5.41) is 2.27. The molecule has 3 rings (SSSR count). The Morgan fingerprint density at radius 2 is 2.11 bits per heavy atom. The van der Waals surface area contributed by atoms with Crippen LogP contribution in [0.2, 0.25) is 0 Å². The molecule has 0 spiro atoms. The van der Waals surface area contributed by atoms with Gasteiger partial charge in [-0.15, -0.1) is 0 Å². The number of rotatable bonds is 4. The molecule has 2 aromatic rings. The van der Waals surface area contributed by atoms with Crippen molar-refractivity contribution in [3.8, 4) is 0 Å². The van der Waals surface area contributed by atoms with E-state index in [4.69, 9.17) is 5.73 Å². The zero-order valence-electron chi connectivity index (χ0n) is 10.8. The maximum absolute atomic E-state index is 6.02. The van der Waals surface area contributed by atoms with Crippen LogP contribution in [-0.4, -0.2) is 18.1 Å². The summed E-state index contributed by atoms with van der Waals surface area (Å²) in [6, 6.07) is 6.20. The minimum absolute atomic E-state index is 0.810. The molecule has 0 saturated heterocycles. The highest BCUT2D eigenvalue weighted by Crippen LogP contribution is 2.35. The average molecular weight is 241 g/mol. The number of hydrogen-bond donors (Lipinski definition) is 1. The Bertz CT molecular complexity index is 561. The Morgan fingerprint density at radius 3 is 2.83 bits per heavy atom. The van der Waals surface area contributed by atoms with Gasteiger partial charge in [0.2, 0.25) is 0 Å². The monoisotopic (exact) mass is 241 g/mol. The van der Waals surface area contributed by atoms with Crippen LogP contribution in [0, 0.1) is 5.92 Å². The molecule has 0 amide bonds. The number of hydrogen-bond acceptors (Lipinski definition) is 3. The van der Waals surface area contributed by atoms with E-state index in [1.165, 1.54) is 23.9 Å². The number of fused-ring (bicyclic) bond motifs is 1. The topological polar surface area (TPSA) is 42.1 Å². The summed E-state index contributed by atoms with van der Waals surface area (Å²) < 4.78 is 0. The molecule has 18 heavy (non-hydrogen) atoms. The van der Waals surface area contributed by atoms with Gasteiger partial charge in [-0.1, -0.05) is 0 Å². The van der Waals surface area contributed by atoms with Crippen LogP contribution in [0.4, 0.5) is 11.4 Å². The molecule has 0 unspecified atom stereocenters. The Hall–Kier alpha value is -1.77. The third-order valence-electron chi connectivity index (χ3n) is 3.73. The lowest BCUT2D eigenvalue weighted by Gasteiger charge is -2.25. The Morgan fingerprint density at radius 1 is 1.28 bits per heavy atom. The zero-order valence-corrected chi connectivity index (χ0v) is 10.8. The van der Waals surface area contributed by atoms with Gasteiger partial charge >= 0.3 is 0 Å². The summed E-state index contributed by atoms with van der Waals surface area (Å²) in [4.78, 5) is 6.63. The first-order valence-electron chi connectivity index (χ1n) is 6.66. The molecule has 1 aliphatic carbocycles. The van der Waals surface area contributed by atoms with Crippen LogP contribution in [0.3, 0.4) is 0 Å². The number of aromatic nitrogens is 1. The smallest absolute Gasteiger partial charge is 0.0448 e. The van der Waals surface area contributed by atoms with E-state index in [2.05, 4.69) is 28.9 Å². The Kier molecular flexibility index (Phi) is 2.82. The van der Waals surface area contributed by atoms with Crippen molar-refractivity contribution >= 4 is 22.1 Å². The molecule has 94 valence electrons. The second-order valence-electron chi connectivity index (χ2n) is 5.08. The molecule has 1 aliphatic rings. The molecule has 1 aromatic carbocycles. The molecular weight excluding hydrogens is 222 g/mol. The van der Waals surface area contributed by atoms with E-state index >= 15 is 0 Å². The van der Waals surface area contributed by atoms with Gasteiger partial charge in [0.05, 0.1) is 0 Å². The normalized spacial score (nSPS) is 14.9. The van der Waals surface area contributed by atoms with Crippen molar-refractivity contribution in [2.45, 2.75) is 19.8 Å². The summed E-state index contributed by atoms with van der Waals surface area (Å²) in [6.45, 7) is 4.42. The number of nitrogen functional groups attached to an aromatic ring is 1. The third-order valence-corrected chi connectivity index (χ3v) is 3.73. The molecular formula is C15H19N3. The van der Waals surface area contributed by atoms with Crippen molar-refractivity contribution in [3.63, 3.8) is 0 Å². The molecule has 1 saturated carbocycles. The fourth-order valence-electron chi connectivity index (χ4n) is 2.48. The number of benzene rings is 1. The summed E-state index contributed by atoms with van der Waals surface area (Å²) in [5.41, 5.74) is 8.12. The quantitative estimate of drug-likeness (QED) is 0.836. The van der Waals surface area contributed by atoms with Crippen LogP contribution in [0.25, 0.3) is 10.8 Å². The second kappa shape index (κ2) is 4.48. The van der Waals surface area contributed by atoms with Crippen LogP contribution in [0.1, 0.15) is 19.8 Å². The Balaban J connectivity index is 2.06. The van der Waals surface area contributed by atoms with Gasteiger partial charge in [0.1, 0.15) is 0 Å². The van der Waals surface area contributed by atoms with Gasteiger partial charge in [0.15, 0.2) is 0 Å². The molecule has 1 aromatic heterocycles. The summed E-state index contributed by atoms with van der Waals surface area (Å²) in [7, 11) is 0. The first-order chi connectivity index (χ1) is 8.79. The molecule has 0 aliphatic heterocycles. The molecule has 2 N–H and O–H groups in total. The van der Waals surface area contributed by atoms with Gasteiger partial charge in [0, 0.05) is 47.6 Å². The first-order valence-corrected chi connectivity index (χ1v) is 6.66. The number of anilines is 2. The minimum Gasteiger partial charge on any atom is -0.398 e. The van der Waals surface area contributed by atoms with Crippen LogP contribution < -0.4 is 10.6 Å². The summed E-state index contributed by atoms with van der Waals surface area (Å²) in [5.74, 6) is 0.888. The zero-order chi connectivity index (χ0) is 12.5. The molecule has 3 nitrogen and oxygen atoms in total. The lowest BCUT2D eigenvalue weighted by Crippen LogP contribution is -2.25. The van der Waals surface area contributed by atoms with Crippen molar-refractivity contribution in [2.75, 3.05) is 23.7 Å². The van der Waals surface area contributed by atoms with Crippen LogP contribution >= 0.6 is 0 Å². The molecule has 0 atom stereocenters. The predicted molar refractivity (Wildman–Crippen MR) is 76.8 cm³/mol. The largest absolute Gasteiger partial charge is 0.398 e. The van der Waals surface area contributed by atoms with Crippen LogP contribution in [0.15, 0.2) is 30.6 Å². The molecule has 3 heteroatoms. The number of nitrogens with zero attached hydrogens (tertiary/aromatic N) is 2. The van der Waals surface area contributed by atoms with Crippen LogP contribution in [-0.2, 0) is 0 Å². The fraction of sp³-hybridized carbons (Fsp3) is 0.400.